The van der Waals surface area contributed by atoms with Crippen molar-refractivity contribution in [2.75, 3.05) is 25.0 Å². The van der Waals surface area contributed by atoms with Gasteiger partial charge in [-0.15, -0.1) is 5.10 Å². The minimum absolute atomic E-state index is 0.0248. The van der Waals surface area contributed by atoms with E-state index in [2.05, 4.69) is 21.8 Å². The number of hydrogen-bond donors (Lipinski definition) is 2. The lowest BCUT2D eigenvalue weighted by atomic mass is 10.1. The molecule has 0 aromatic carbocycles. The molecule has 2 rings (SSSR count). The molecule has 1 aromatic heterocycles. The van der Waals surface area contributed by atoms with Crippen LogP contribution in [0.2, 0.25) is 0 Å². The van der Waals surface area contributed by atoms with Crippen molar-refractivity contribution in [1.82, 2.24) is 15.1 Å². The standard InChI is InChI=1S/C11H17N5O2/c1-15-8-10(16(17)18)11(14-15)13-7-4-9-2-5-12-6-3-9/h2,8,12H,3-7H2,1H3,(H,13,14). The van der Waals surface area contributed by atoms with Gasteiger partial charge in [-0.1, -0.05) is 11.6 Å². The molecule has 0 unspecified atom stereocenters. The molecule has 0 aliphatic carbocycles. The maximum Gasteiger partial charge on any atom is 0.330 e. The lowest BCUT2D eigenvalue weighted by molar-refractivity contribution is -0.384. The summed E-state index contributed by atoms with van der Waals surface area (Å²) in [5.74, 6) is 0.344. The third-order valence-electron chi connectivity index (χ3n) is 2.90. The monoisotopic (exact) mass is 251 g/mol. The number of aromatic nitrogens is 2. The van der Waals surface area contributed by atoms with Crippen LogP contribution >= 0.6 is 0 Å². The van der Waals surface area contributed by atoms with Crippen LogP contribution in [0.15, 0.2) is 17.8 Å². The Morgan fingerprint density at radius 3 is 3.17 bits per heavy atom. The Hall–Kier alpha value is -1.89. The molecule has 98 valence electrons. The van der Waals surface area contributed by atoms with E-state index in [0.717, 1.165) is 25.9 Å². The van der Waals surface area contributed by atoms with E-state index >= 15 is 0 Å². The predicted molar refractivity (Wildman–Crippen MR) is 68.5 cm³/mol. The highest BCUT2D eigenvalue weighted by Crippen LogP contribution is 2.21. The number of nitrogens with zero attached hydrogens (tertiary/aromatic N) is 3. The first-order valence-corrected chi connectivity index (χ1v) is 5.97. The summed E-state index contributed by atoms with van der Waals surface area (Å²) in [5.41, 5.74) is 1.41. The lowest BCUT2D eigenvalue weighted by Gasteiger charge is -2.13. The fourth-order valence-electron chi connectivity index (χ4n) is 1.97. The molecule has 0 saturated carbocycles. The molecule has 2 heterocycles. The molecule has 0 saturated heterocycles. The van der Waals surface area contributed by atoms with E-state index in [1.54, 1.807) is 7.05 Å². The maximum atomic E-state index is 10.8. The number of aryl methyl sites for hydroxylation is 1. The Morgan fingerprint density at radius 2 is 2.50 bits per heavy atom. The average Bonchev–Trinajstić information content (AvgIpc) is 2.72. The first kappa shape index (κ1) is 12.6. The van der Waals surface area contributed by atoms with E-state index in [1.165, 1.54) is 16.5 Å². The molecule has 1 aliphatic heterocycles. The number of nitrogens with one attached hydrogen (secondary N) is 2. The van der Waals surface area contributed by atoms with Gasteiger partial charge < -0.3 is 10.6 Å². The Kier molecular flexibility index (Phi) is 3.93. The molecule has 2 N–H and O–H groups in total. The van der Waals surface area contributed by atoms with Gasteiger partial charge in [0.15, 0.2) is 0 Å². The molecule has 7 nitrogen and oxygen atoms in total. The number of rotatable bonds is 5. The van der Waals surface area contributed by atoms with E-state index in [4.69, 9.17) is 0 Å². The molecule has 7 heteroatoms. The van der Waals surface area contributed by atoms with Crippen LogP contribution in [0.25, 0.3) is 0 Å². The topological polar surface area (TPSA) is 85.0 Å². The Labute approximate surface area is 105 Å². The van der Waals surface area contributed by atoms with Gasteiger partial charge >= 0.3 is 5.69 Å². The van der Waals surface area contributed by atoms with Gasteiger partial charge in [-0.3, -0.25) is 14.8 Å². The fraction of sp³-hybridized carbons (Fsp3) is 0.545. The van der Waals surface area contributed by atoms with Crippen molar-refractivity contribution in [3.63, 3.8) is 0 Å². The Bertz CT molecular complexity index is 466. The van der Waals surface area contributed by atoms with Gasteiger partial charge in [0.1, 0.15) is 6.20 Å². The van der Waals surface area contributed by atoms with Crippen LogP contribution in [0.3, 0.4) is 0 Å². The largest absolute Gasteiger partial charge is 0.363 e. The zero-order valence-electron chi connectivity index (χ0n) is 10.3. The highest BCUT2D eigenvalue weighted by atomic mass is 16.6. The third kappa shape index (κ3) is 3.07. The van der Waals surface area contributed by atoms with Gasteiger partial charge in [0, 0.05) is 20.1 Å². The first-order valence-electron chi connectivity index (χ1n) is 5.97. The van der Waals surface area contributed by atoms with Gasteiger partial charge in [-0.05, 0) is 19.4 Å². The van der Waals surface area contributed by atoms with Crippen molar-refractivity contribution >= 4 is 11.5 Å². The average molecular weight is 251 g/mol. The molecule has 0 radical (unpaired) electrons. The summed E-state index contributed by atoms with van der Waals surface area (Å²) in [6.45, 7) is 2.60. The molecule has 1 aliphatic rings. The van der Waals surface area contributed by atoms with Crippen molar-refractivity contribution in [2.45, 2.75) is 12.8 Å². The van der Waals surface area contributed by atoms with Gasteiger partial charge in [-0.25, -0.2) is 0 Å². The third-order valence-corrected chi connectivity index (χ3v) is 2.90. The maximum absolute atomic E-state index is 10.8. The van der Waals surface area contributed by atoms with E-state index in [9.17, 15) is 10.1 Å². The number of nitro groups is 1. The summed E-state index contributed by atoms with van der Waals surface area (Å²) in [4.78, 5) is 10.4. The van der Waals surface area contributed by atoms with Crippen LogP contribution in [0.1, 0.15) is 12.8 Å². The molecule has 18 heavy (non-hydrogen) atoms. The van der Waals surface area contributed by atoms with Crippen LogP contribution in [0.4, 0.5) is 11.5 Å². The Morgan fingerprint density at radius 1 is 1.67 bits per heavy atom. The van der Waals surface area contributed by atoms with Crippen LogP contribution in [0.5, 0.6) is 0 Å². The van der Waals surface area contributed by atoms with Crippen LogP contribution in [-0.2, 0) is 7.05 Å². The molecule has 0 fully saturated rings. The van der Waals surface area contributed by atoms with E-state index in [1.807, 2.05) is 0 Å². The normalized spacial score (nSPS) is 15.3. The molecule has 0 amide bonds. The molecule has 0 bridgehead atoms. The summed E-state index contributed by atoms with van der Waals surface area (Å²) in [6.07, 6.45) is 5.53. The lowest BCUT2D eigenvalue weighted by Crippen LogP contribution is -2.21. The second kappa shape index (κ2) is 5.63. The zero-order chi connectivity index (χ0) is 13.0. The summed E-state index contributed by atoms with van der Waals surface area (Å²) in [6, 6.07) is 0. The van der Waals surface area contributed by atoms with Crippen molar-refractivity contribution in [3.8, 4) is 0 Å². The summed E-state index contributed by atoms with van der Waals surface area (Å²) in [7, 11) is 1.67. The second-order valence-electron chi connectivity index (χ2n) is 4.29. The highest BCUT2D eigenvalue weighted by Gasteiger charge is 2.17. The zero-order valence-corrected chi connectivity index (χ0v) is 10.3. The Balaban J connectivity index is 1.90. The highest BCUT2D eigenvalue weighted by molar-refractivity contribution is 5.54. The van der Waals surface area contributed by atoms with Gasteiger partial charge in [-0.2, -0.15) is 0 Å². The van der Waals surface area contributed by atoms with Crippen molar-refractivity contribution in [2.24, 2.45) is 7.05 Å². The van der Waals surface area contributed by atoms with E-state index in [-0.39, 0.29) is 5.69 Å². The minimum Gasteiger partial charge on any atom is -0.363 e. The van der Waals surface area contributed by atoms with Crippen LogP contribution < -0.4 is 10.6 Å². The summed E-state index contributed by atoms with van der Waals surface area (Å²) < 4.78 is 1.45. The van der Waals surface area contributed by atoms with Gasteiger partial charge in [0.25, 0.3) is 0 Å². The second-order valence-corrected chi connectivity index (χ2v) is 4.29. The molecular formula is C11H17N5O2. The fourth-order valence-corrected chi connectivity index (χ4v) is 1.97. The molecule has 0 spiro atoms. The SMILES string of the molecule is Cn1cc([N+](=O)[O-])c(NCCC2=CCNCC2)n1. The number of anilines is 1. The van der Waals surface area contributed by atoms with E-state index in [0.29, 0.717) is 12.4 Å². The minimum atomic E-state index is -0.418. The number of hydrogen-bond acceptors (Lipinski definition) is 5. The quantitative estimate of drug-likeness (QED) is 0.464. The van der Waals surface area contributed by atoms with E-state index < -0.39 is 4.92 Å². The van der Waals surface area contributed by atoms with Crippen LogP contribution in [-0.4, -0.2) is 34.3 Å². The summed E-state index contributed by atoms with van der Waals surface area (Å²) >= 11 is 0. The smallest absolute Gasteiger partial charge is 0.330 e. The van der Waals surface area contributed by atoms with Crippen molar-refractivity contribution < 1.29 is 4.92 Å². The first-order chi connectivity index (χ1) is 8.66. The molecule has 0 atom stereocenters. The van der Waals surface area contributed by atoms with Crippen molar-refractivity contribution in [3.05, 3.63) is 28.0 Å². The summed E-state index contributed by atoms with van der Waals surface area (Å²) in [5, 5.41) is 21.1. The molecular weight excluding hydrogens is 234 g/mol. The predicted octanol–water partition coefficient (Wildman–Crippen LogP) is 1.05. The van der Waals surface area contributed by atoms with Gasteiger partial charge in [0.05, 0.1) is 4.92 Å². The molecule has 1 aromatic rings. The van der Waals surface area contributed by atoms with Crippen LogP contribution in [0, 0.1) is 10.1 Å². The van der Waals surface area contributed by atoms with Gasteiger partial charge in [0.2, 0.25) is 5.82 Å². The van der Waals surface area contributed by atoms with Crippen molar-refractivity contribution in [1.29, 1.82) is 0 Å².